The maximum atomic E-state index is 11.9. The van der Waals surface area contributed by atoms with Crippen LogP contribution in [0.1, 0.15) is 13.3 Å². The van der Waals surface area contributed by atoms with Crippen molar-refractivity contribution in [2.45, 2.75) is 18.9 Å². The number of benzene rings is 1. The number of hydrogen-bond donors (Lipinski definition) is 0. The van der Waals surface area contributed by atoms with Gasteiger partial charge in [-0.25, -0.2) is 9.69 Å². The van der Waals surface area contributed by atoms with Gasteiger partial charge < -0.3 is 4.74 Å². The van der Waals surface area contributed by atoms with Crippen LogP contribution in [0.15, 0.2) is 55.3 Å². The predicted octanol–water partition coefficient (Wildman–Crippen LogP) is 3.49. The van der Waals surface area contributed by atoms with Gasteiger partial charge in [-0.3, -0.25) is 0 Å². The highest BCUT2D eigenvalue weighted by atomic mass is 16.6. The lowest BCUT2D eigenvalue weighted by atomic mass is 9.99. The van der Waals surface area contributed by atoms with E-state index >= 15 is 0 Å². The Kier molecular flexibility index (Phi) is 2.76. The molecule has 2 rings (SSSR count). The number of carbonyl (C=O) groups excluding carboxylic acids is 1. The van der Waals surface area contributed by atoms with Crippen molar-refractivity contribution in [2.24, 2.45) is 0 Å². The van der Waals surface area contributed by atoms with Gasteiger partial charge in [0.1, 0.15) is 0 Å². The average Bonchev–Trinajstić information content (AvgIpc) is 2.51. The van der Waals surface area contributed by atoms with Crippen LogP contribution in [0.5, 0.6) is 0 Å². The standard InChI is InChI=1S/C14H15NO2/c1-4-10-14(3)11(2)15(13(16)17-14)12-8-6-5-7-9-12/h4-9H,1-2,10H2,3H3. The molecule has 1 atom stereocenters. The zero-order valence-electron chi connectivity index (χ0n) is 9.85. The Morgan fingerprint density at radius 2 is 2.06 bits per heavy atom. The van der Waals surface area contributed by atoms with E-state index in [9.17, 15) is 4.79 Å². The van der Waals surface area contributed by atoms with Crippen LogP contribution in [0.2, 0.25) is 0 Å². The first kappa shape index (κ1) is 11.5. The molecule has 0 saturated carbocycles. The second-order valence-electron chi connectivity index (χ2n) is 4.21. The van der Waals surface area contributed by atoms with Crippen LogP contribution in [0.4, 0.5) is 10.5 Å². The topological polar surface area (TPSA) is 29.5 Å². The highest BCUT2D eigenvalue weighted by Gasteiger charge is 2.45. The van der Waals surface area contributed by atoms with Crippen LogP contribution in [-0.2, 0) is 4.74 Å². The Morgan fingerprint density at radius 1 is 1.41 bits per heavy atom. The van der Waals surface area contributed by atoms with Crippen LogP contribution < -0.4 is 4.90 Å². The third-order valence-corrected chi connectivity index (χ3v) is 2.92. The number of anilines is 1. The Morgan fingerprint density at radius 3 is 2.65 bits per heavy atom. The summed E-state index contributed by atoms with van der Waals surface area (Å²) in [6.07, 6.45) is 1.90. The summed E-state index contributed by atoms with van der Waals surface area (Å²) in [4.78, 5) is 13.4. The summed E-state index contributed by atoms with van der Waals surface area (Å²) in [7, 11) is 0. The summed E-state index contributed by atoms with van der Waals surface area (Å²) in [6.45, 7) is 9.49. The molecule has 1 fully saturated rings. The molecule has 1 aromatic carbocycles. The van der Waals surface area contributed by atoms with Crippen molar-refractivity contribution in [3.05, 3.63) is 55.3 Å². The highest BCUT2D eigenvalue weighted by Crippen LogP contribution is 2.38. The zero-order valence-corrected chi connectivity index (χ0v) is 9.85. The van der Waals surface area contributed by atoms with Gasteiger partial charge in [-0.05, 0) is 19.1 Å². The molecule has 1 saturated heterocycles. The molecule has 3 heteroatoms. The first-order valence-electron chi connectivity index (χ1n) is 5.47. The largest absolute Gasteiger partial charge is 0.436 e. The highest BCUT2D eigenvalue weighted by molar-refractivity contribution is 5.94. The summed E-state index contributed by atoms with van der Waals surface area (Å²) in [6, 6.07) is 9.35. The van der Waals surface area contributed by atoms with Crippen LogP contribution >= 0.6 is 0 Å². The number of ether oxygens (including phenoxy) is 1. The molecule has 0 aliphatic carbocycles. The Hall–Kier alpha value is -2.03. The monoisotopic (exact) mass is 229 g/mol. The molecule has 1 amide bonds. The van der Waals surface area contributed by atoms with Gasteiger partial charge in [0, 0.05) is 6.42 Å². The van der Waals surface area contributed by atoms with Crippen LogP contribution in [0.25, 0.3) is 0 Å². The SMILES string of the molecule is C=CCC1(C)OC(=O)N(c2ccccc2)C1=C. The van der Waals surface area contributed by atoms with E-state index in [1.165, 1.54) is 4.90 Å². The number of para-hydroxylation sites is 1. The summed E-state index contributed by atoms with van der Waals surface area (Å²) in [5.41, 5.74) is 0.734. The van der Waals surface area contributed by atoms with E-state index in [4.69, 9.17) is 4.74 Å². The molecule has 0 N–H and O–H groups in total. The molecule has 0 spiro atoms. The molecular formula is C14H15NO2. The van der Waals surface area contributed by atoms with E-state index in [-0.39, 0.29) is 6.09 Å². The van der Waals surface area contributed by atoms with Gasteiger partial charge in [-0.15, -0.1) is 6.58 Å². The number of hydrogen-bond acceptors (Lipinski definition) is 2. The van der Waals surface area contributed by atoms with Gasteiger partial charge in [0.25, 0.3) is 0 Å². The second-order valence-corrected chi connectivity index (χ2v) is 4.21. The number of rotatable bonds is 3. The van der Waals surface area contributed by atoms with Gasteiger partial charge in [-0.2, -0.15) is 0 Å². The zero-order chi connectivity index (χ0) is 12.5. The first-order chi connectivity index (χ1) is 8.08. The predicted molar refractivity (Wildman–Crippen MR) is 67.8 cm³/mol. The Bertz CT molecular complexity index is 466. The van der Waals surface area contributed by atoms with E-state index in [0.717, 1.165) is 5.69 Å². The van der Waals surface area contributed by atoms with E-state index < -0.39 is 5.60 Å². The molecule has 0 radical (unpaired) electrons. The number of carbonyl (C=O) groups is 1. The fraction of sp³-hybridized carbons (Fsp3) is 0.214. The fourth-order valence-corrected chi connectivity index (χ4v) is 1.92. The number of cyclic esters (lactones) is 1. The van der Waals surface area contributed by atoms with Crippen molar-refractivity contribution >= 4 is 11.8 Å². The molecule has 88 valence electrons. The van der Waals surface area contributed by atoms with Crippen LogP contribution in [0, 0.1) is 0 Å². The lowest BCUT2D eigenvalue weighted by Gasteiger charge is -2.22. The summed E-state index contributed by atoms with van der Waals surface area (Å²) in [5.74, 6) is 0. The Balaban J connectivity index is 2.35. The van der Waals surface area contributed by atoms with Crippen LogP contribution in [0.3, 0.4) is 0 Å². The molecule has 3 nitrogen and oxygen atoms in total. The maximum absolute atomic E-state index is 11.9. The van der Waals surface area contributed by atoms with E-state index in [1.807, 2.05) is 37.3 Å². The molecule has 17 heavy (non-hydrogen) atoms. The quantitative estimate of drug-likeness (QED) is 0.742. The summed E-state index contributed by atoms with van der Waals surface area (Å²) in [5, 5.41) is 0. The molecule has 0 bridgehead atoms. The lowest BCUT2D eigenvalue weighted by Crippen LogP contribution is -2.27. The molecule has 0 aromatic heterocycles. The molecule has 1 aromatic rings. The van der Waals surface area contributed by atoms with Crippen molar-refractivity contribution in [3.63, 3.8) is 0 Å². The van der Waals surface area contributed by atoms with Crippen molar-refractivity contribution in [1.82, 2.24) is 0 Å². The van der Waals surface area contributed by atoms with Gasteiger partial charge >= 0.3 is 6.09 Å². The molecule has 1 aliphatic rings. The second kappa shape index (κ2) is 4.09. The van der Waals surface area contributed by atoms with E-state index in [0.29, 0.717) is 12.1 Å². The number of nitrogens with zero attached hydrogens (tertiary/aromatic N) is 1. The Labute approximate surface area is 101 Å². The van der Waals surface area contributed by atoms with Crippen LogP contribution in [-0.4, -0.2) is 11.7 Å². The lowest BCUT2D eigenvalue weighted by molar-refractivity contribution is 0.0874. The van der Waals surface area contributed by atoms with Crippen molar-refractivity contribution in [1.29, 1.82) is 0 Å². The smallest absolute Gasteiger partial charge is 0.419 e. The maximum Gasteiger partial charge on any atom is 0.419 e. The fourth-order valence-electron chi connectivity index (χ4n) is 1.92. The van der Waals surface area contributed by atoms with Crippen molar-refractivity contribution in [2.75, 3.05) is 4.90 Å². The molecule has 1 aliphatic heterocycles. The minimum absolute atomic E-state index is 0.384. The molecular weight excluding hydrogens is 214 g/mol. The first-order valence-corrected chi connectivity index (χ1v) is 5.47. The summed E-state index contributed by atoms with van der Waals surface area (Å²) < 4.78 is 5.38. The third kappa shape index (κ3) is 1.84. The third-order valence-electron chi connectivity index (χ3n) is 2.92. The van der Waals surface area contributed by atoms with Gasteiger partial charge in [0.05, 0.1) is 11.4 Å². The summed E-state index contributed by atoms with van der Waals surface area (Å²) >= 11 is 0. The van der Waals surface area contributed by atoms with Gasteiger partial charge in [0.15, 0.2) is 5.60 Å². The van der Waals surface area contributed by atoms with Gasteiger partial charge in [-0.1, -0.05) is 30.9 Å². The normalized spacial score (nSPS) is 23.7. The average molecular weight is 229 g/mol. The van der Waals surface area contributed by atoms with E-state index in [1.54, 1.807) is 6.08 Å². The minimum atomic E-state index is -0.686. The molecule has 1 unspecified atom stereocenters. The minimum Gasteiger partial charge on any atom is -0.436 e. The van der Waals surface area contributed by atoms with Gasteiger partial charge in [0.2, 0.25) is 0 Å². The molecule has 1 heterocycles. The van der Waals surface area contributed by atoms with Crippen molar-refractivity contribution in [3.8, 4) is 0 Å². The van der Waals surface area contributed by atoms with E-state index in [2.05, 4.69) is 13.2 Å². The van der Waals surface area contributed by atoms with Crippen molar-refractivity contribution < 1.29 is 9.53 Å². The number of amides is 1.